The van der Waals surface area contributed by atoms with Gasteiger partial charge in [0.05, 0.1) is 23.3 Å². The predicted octanol–water partition coefficient (Wildman–Crippen LogP) is 3.93. The van der Waals surface area contributed by atoms with Gasteiger partial charge in [-0.1, -0.05) is 15.9 Å². The van der Waals surface area contributed by atoms with Crippen molar-refractivity contribution in [3.63, 3.8) is 0 Å². The van der Waals surface area contributed by atoms with E-state index in [1.54, 1.807) is 0 Å². The number of hydrogen-bond acceptors (Lipinski definition) is 1. The van der Waals surface area contributed by atoms with Gasteiger partial charge >= 0.3 is 6.18 Å². The van der Waals surface area contributed by atoms with Gasteiger partial charge < -0.3 is 4.57 Å². The van der Waals surface area contributed by atoms with Crippen LogP contribution in [0.5, 0.6) is 0 Å². The van der Waals surface area contributed by atoms with Crippen LogP contribution in [0.15, 0.2) is 30.7 Å². The van der Waals surface area contributed by atoms with Gasteiger partial charge in [-0.25, -0.2) is 9.37 Å². The van der Waals surface area contributed by atoms with Gasteiger partial charge in [0, 0.05) is 11.5 Å². The van der Waals surface area contributed by atoms with Crippen LogP contribution in [-0.4, -0.2) is 9.55 Å². The van der Waals surface area contributed by atoms with Crippen molar-refractivity contribution in [1.82, 2.24) is 9.55 Å². The molecule has 0 spiro atoms. The average molecular weight is 323 g/mol. The van der Waals surface area contributed by atoms with E-state index >= 15 is 0 Å². The Bertz CT molecular complexity index is 562. The normalized spacial score (nSPS) is 11.8. The number of imidazole rings is 1. The third kappa shape index (κ3) is 2.55. The minimum Gasteiger partial charge on any atom is -0.303 e. The number of alkyl halides is 4. The highest BCUT2D eigenvalue weighted by Gasteiger charge is 2.31. The molecular weight excluding hydrogens is 316 g/mol. The summed E-state index contributed by atoms with van der Waals surface area (Å²) in [6.45, 7) is 0. The zero-order valence-corrected chi connectivity index (χ0v) is 10.5. The van der Waals surface area contributed by atoms with Gasteiger partial charge in [0.1, 0.15) is 5.82 Å². The Balaban J connectivity index is 2.49. The van der Waals surface area contributed by atoms with Crippen LogP contribution in [-0.2, 0) is 11.5 Å². The fourth-order valence-corrected chi connectivity index (χ4v) is 1.74. The molecule has 96 valence electrons. The third-order valence-corrected chi connectivity index (χ3v) is 2.90. The highest BCUT2D eigenvalue weighted by molar-refractivity contribution is 9.08. The van der Waals surface area contributed by atoms with Crippen LogP contribution in [0.2, 0.25) is 0 Å². The summed E-state index contributed by atoms with van der Waals surface area (Å²) < 4.78 is 52.3. The van der Waals surface area contributed by atoms with Crippen molar-refractivity contribution in [3.05, 3.63) is 47.8 Å². The molecule has 0 N–H and O–H groups in total. The Morgan fingerprint density at radius 3 is 2.56 bits per heavy atom. The lowest BCUT2D eigenvalue weighted by molar-refractivity contribution is -0.137. The van der Waals surface area contributed by atoms with Crippen molar-refractivity contribution in [2.45, 2.75) is 11.5 Å². The number of nitrogens with zero attached hydrogens (tertiary/aromatic N) is 2. The molecule has 0 unspecified atom stereocenters. The first-order valence-corrected chi connectivity index (χ1v) is 6.00. The first-order valence-electron chi connectivity index (χ1n) is 4.88. The summed E-state index contributed by atoms with van der Waals surface area (Å²) in [7, 11) is 0. The van der Waals surface area contributed by atoms with E-state index in [4.69, 9.17) is 0 Å². The maximum absolute atomic E-state index is 13.5. The molecule has 0 atom stereocenters. The second kappa shape index (κ2) is 4.72. The molecule has 2 aromatic rings. The fourth-order valence-electron chi connectivity index (χ4n) is 1.45. The Morgan fingerprint density at radius 2 is 2.00 bits per heavy atom. The fraction of sp³-hybridized carbons (Fsp3) is 0.182. The highest BCUT2D eigenvalue weighted by atomic mass is 79.9. The first kappa shape index (κ1) is 13.1. The van der Waals surface area contributed by atoms with E-state index in [1.165, 1.54) is 17.1 Å². The second-order valence-electron chi connectivity index (χ2n) is 3.57. The lowest BCUT2D eigenvalue weighted by Crippen LogP contribution is -2.07. The van der Waals surface area contributed by atoms with Crippen molar-refractivity contribution in [2.75, 3.05) is 0 Å². The summed E-state index contributed by atoms with van der Waals surface area (Å²) in [5, 5.41) is 0.445. The van der Waals surface area contributed by atoms with Crippen LogP contribution in [0.25, 0.3) is 5.69 Å². The quantitative estimate of drug-likeness (QED) is 0.605. The Kier molecular flexibility index (Phi) is 3.43. The summed E-state index contributed by atoms with van der Waals surface area (Å²) in [6.07, 6.45) is -1.76. The largest absolute Gasteiger partial charge is 0.416 e. The number of halogens is 5. The Hall–Kier alpha value is -1.37. The first-order chi connectivity index (χ1) is 8.41. The molecular formula is C11H7BrF4N2. The minimum absolute atomic E-state index is 0.176. The monoisotopic (exact) mass is 322 g/mol. The molecule has 0 amide bonds. The summed E-state index contributed by atoms with van der Waals surface area (Å²) in [6, 6.07) is 2.27. The SMILES string of the molecule is Fc1ccc(C(F)(F)F)cc1-n1cnc(CBr)c1. The molecule has 18 heavy (non-hydrogen) atoms. The number of aromatic nitrogens is 2. The van der Waals surface area contributed by atoms with Crippen molar-refractivity contribution >= 4 is 15.9 Å². The van der Waals surface area contributed by atoms with E-state index in [0.29, 0.717) is 17.1 Å². The predicted molar refractivity (Wildman–Crippen MR) is 61.2 cm³/mol. The molecule has 0 saturated heterocycles. The van der Waals surface area contributed by atoms with Gasteiger partial charge in [-0.3, -0.25) is 0 Å². The van der Waals surface area contributed by atoms with Crippen LogP contribution >= 0.6 is 15.9 Å². The average Bonchev–Trinajstić information content (AvgIpc) is 2.76. The molecule has 1 heterocycles. The van der Waals surface area contributed by atoms with Gasteiger partial charge in [0.2, 0.25) is 0 Å². The molecule has 0 aliphatic carbocycles. The zero-order chi connectivity index (χ0) is 13.3. The number of rotatable bonds is 2. The maximum atomic E-state index is 13.5. The van der Waals surface area contributed by atoms with Gasteiger partial charge in [0.25, 0.3) is 0 Å². The van der Waals surface area contributed by atoms with Crippen molar-refractivity contribution < 1.29 is 17.6 Å². The van der Waals surface area contributed by atoms with E-state index in [9.17, 15) is 17.6 Å². The van der Waals surface area contributed by atoms with E-state index < -0.39 is 17.6 Å². The molecule has 2 rings (SSSR count). The van der Waals surface area contributed by atoms with Crippen molar-refractivity contribution in [1.29, 1.82) is 0 Å². The summed E-state index contributed by atoms with van der Waals surface area (Å²) >= 11 is 3.16. The van der Waals surface area contributed by atoms with Crippen LogP contribution in [0, 0.1) is 5.82 Å². The second-order valence-corrected chi connectivity index (χ2v) is 4.13. The van der Waals surface area contributed by atoms with E-state index in [0.717, 1.165) is 12.1 Å². The molecule has 0 bridgehead atoms. The molecule has 0 fully saturated rings. The smallest absolute Gasteiger partial charge is 0.303 e. The van der Waals surface area contributed by atoms with Crippen LogP contribution in [0.4, 0.5) is 17.6 Å². The number of benzene rings is 1. The molecule has 2 nitrogen and oxygen atoms in total. The van der Waals surface area contributed by atoms with Crippen LogP contribution in [0.1, 0.15) is 11.3 Å². The van der Waals surface area contributed by atoms with Crippen molar-refractivity contribution in [3.8, 4) is 5.69 Å². The van der Waals surface area contributed by atoms with Crippen LogP contribution in [0.3, 0.4) is 0 Å². The van der Waals surface area contributed by atoms with Gasteiger partial charge in [-0.05, 0) is 18.2 Å². The Morgan fingerprint density at radius 1 is 1.28 bits per heavy atom. The maximum Gasteiger partial charge on any atom is 0.416 e. The molecule has 1 aromatic carbocycles. The third-order valence-electron chi connectivity index (χ3n) is 2.32. The van der Waals surface area contributed by atoms with Crippen molar-refractivity contribution in [2.24, 2.45) is 0 Å². The molecule has 1 aromatic heterocycles. The molecule has 0 radical (unpaired) electrons. The number of hydrogen-bond donors (Lipinski definition) is 0. The van der Waals surface area contributed by atoms with Gasteiger partial charge in [-0.15, -0.1) is 0 Å². The Labute approximate surface area is 108 Å². The topological polar surface area (TPSA) is 17.8 Å². The summed E-state index contributed by atoms with van der Waals surface area (Å²) in [4.78, 5) is 3.91. The van der Waals surface area contributed by atoms with Gasteiger partial charge in [-0.2, -0.15) is 13.2 Å². The van der Waals surface area contributed by atoms with Gasteiger partial charge in [0.15, 0.2) is 0 Å². The minimum atomic E-state index is -4.50. The molecule has 0 aliphatic heterocycles. The molecule has 0 saturated carbocycles. The zero-order valence-electron chi connectivity index (χ0n) is 8.88. The van der Waals surface area contributed by atoms with E-state index in [-0.39, 0.29) is 5.69 Å². The molecule has 7 heteroatoms. The molecule has 0 aliphatic rings. The lowest BCUT2D eigenvalue weighted by Gasteiger charge is -2.10. The van der Waals surface area contributed by atoms with E-state index in [1.807, 2.05) is 0 Å². The lowest BCUT2D eigenvalue weighted by atomic mass is 10.2. The highest BCUT2D eigenvalue weighted by Crippen LogP contribution is 2.31. The summed E-state index contributed by atoms with van der Waals surface area (Å²) in [5.41, 5.74) is -0.468. The van der Waals surface area contributed by atoms with E-state index in [2.05, 4.69) is 20.9 Å². The standard InChI is InChI=1S/C11H7BrF4N2/c12-4-8-5-18(6-17-8)10-3-7(11(14,15)16)1-2-9(10)13/h1-3,5-6H,4H2. The van der Waals surface area contributed by atoms with Crippen LogP contribution < -0.4 is 0 Å². The summed E-state index contributed by atoms with van der Waals surface area (Å²) in [5.74, 6) is -0.735.